The largest absolute Gasteiger partial charge is 0.495 e. The number of fused-ring (bicyclic) bond motifs is 1. The van der Waals surface area contributed by atoms with Crippen LogP contribution < -0.4 is 10.1 Å². The van der Waals surface area contributed by atoms with Crippen molar-refractivity contribution in [2.45, 2.75) is 12.8 Å². The van der Waals surface area contributed by atoms with E-state index in [1.54, 1.807) is 14.0 Å². The van der Waals surface area contributed by atoms with Crippen molar-refractivity contribution in [2.24, 2.45) is 5.92 Å². The molecule has 0 amide bonds. The van der Waals surface area contributed by atoms with Gasteiger partial charge in [-0.15, -0.1) is 0 Å². The number of anilines is 1. The molecule has 0 aromatic heterocycles. The van der Waals surface area contributed by atoms with Crippen molar-refractivity contribution in [3.8, 4) is 5.75 Å². The fourth-order valence-electron chi connectivity index (χ4n) is 2.16. The van der Waals surface area contributed by atoms with Crippen LogP contribution in [0.4, 0.5) is 5.69 Å². The molecule has 0 saturated carbocycles. The summed E-state index contributed by atoms with van der Waals surface area (Å²) in [5, 5.41) is 12.3. The van der Waals surface area contributed by atoms with Gasteiger partial charge in [-0.1, -0.05) is 19.1 Å². The second-order valence-electron chi connectivity index (χ2n) is 4.04. The van der Waals surface area contributed by atoms with Crippen LogP contribution in [0.15, 0.2) is 18.2 Å². The highest BCUT2D eigenvalue weighted by Gasteiger charge is 2.32. The van der Waals surface area contributed by atoms with Gasteiger partial charge in [-0.05, 0) is 11.6 Å². The van der Waals surface area contributed by atoms with Gasteiger partial charge in [0.15, 0.2) is 0 Å². The number of ether oxygens (including phenoxy) is 1. The number of para-hydroxylation sites is 1. The smallest absolute Gasteiger partial charge is 0.306 e. The molecule has 2 N–H and O–H groups in total. The molecule has 0 aliphatic carbocycles. The Kier molecular flexibility index (Phi) is 2.73. The van der Waals surface area contributed by atoms with Crippen molar-refractivity contribution in [1.29, 1.82) is 0 Å². The Bertz CT molecular complexity index is 417. The van der Waals surface area contributed by atoms with Crippen LogP contribution >= 0.6 is 0 Å². The van der Waals surface area contributed by atoms with Crippen molar-refractivity contribution < 1.29 is 14.6 Å². The Morgan fingerprint density at radius 2 is 2.38 bits per heavy atom. The minimum absolute atomic E-state index is 0.0163. The molecule has 0 fully saturated rings. The summed E-state index contributed by atoms with van der Waals surface area (Å²) in [4.78, 5) is 11.0. The first-order valence-electron chi connectivity index (χ1n) is 5.28. The number of carbonyl (C=O) groups is 1. The SMILES string of the molecule is COc1cccc2c1NCC2C(C)C(=O)O. The molecule has 0 bridgehead atoms. The molecule has 1 aliphatic rings. The van der Waals surface area contributed by atoms with Crippen LogP contribution in [-0.2, 0) is 4.79 Å². The zero-order chi connectivity index (χ0) is 11.7. The van der Waals surface area contributed by atoms with E-state index < -0.39 is 5.97 Å². The molecular formula is C12H15NO3. The van der Waals surface area contributed by atoms with Gasteiger partial charge in [0.1, 0.15) is 5.75 Å². The van der Waals surface area contributed by atoms with Crippen molar-refractivity contribution in [2.75, 3.05) is 19.0 Å². The first-order chi connectivity index (χ1) is 7.65. The summed E-state index contributed by atoms with van der Waals surface area (Å²) in [6.07, 6.45) is 0. The Balaban J connectivity index is 2.37. The monoisotopic (exact) mass is 221 g/mol. The lowest BCUT2D eigenvalue weighted by Gasteiger charge is -2.14. The summed E-state index contributed by atoms with van der Waals surface area (Å²) >= 11 is 0. The van der Waals surface area contributed by atoms with Crippen LogP contribution in [0.3, 0.4) is 0 Å². The molecule has 0 spiro atoms. The molecule has 1 aromatic carbocycles. The molecule has 1 aliphatic heterocycles. The maximum atomic E-state index is 11.0. The number of hydrogen-bond donors (Lipinski definition) is 2. The third-order valence-electron chi connectivity index (χ3n) is 3.17. The third kappa shape index (κ3) is 1.60. The number of methoxy groups -OCH3 is 1. The average molecular weight is 221 g/mol. The molecule has 0 saturated heterocycles. The summed E-state index contributed by atoms with van der Waals surface area (Å²) in [5.41, 5.74) is 1.97. The lowest BCUT2D eigenvalue weighted by atomic mass is 9.89. The van der Waals surface area contributed by atoms with Crippen molar-refractivity contribution in [3.05, 3.63) is 23.8 Å². The lowest BCUT2D eigenvalue weighted by Crippen LogP contribution is -2.20. The summed E-state index contributed by atoms with van der Waals surface area (Å²) in [7, 11) is 1.62. The number of aliphatic carboxylic acids is 1. The lowest BCUT2D eigenvalue weighted by molar-refractivity contribution is -0.141. The quantitative estimate of drug-likeness (QED) is 0.818. The molecule has 16 heavy (non-hydrogen) atoms. The molecular weight excluding hydrogens is 206 g/mol. The van der Waals surface area contributed by atoms with Crippen LogP contribution in [0.5, 0.6) is 5.75 Å². The molecule has 2 rings (SSSR count). The van der Waals surface area contributed by atoms with Gasteiger partial charge in [0.25, 0.3) is 0 Å². The van der Waals surface area contributed by atoms with Crippen LogP contribution in [0.1, 0.15) is 18.4 Å². The van der Waals surface area contributed by atoms with E-state index in [-0.39, 0.29) is 11.8 Å². The van der Waals surface area contributed by atoms with Crippen LogP contribution in [0.25, 0.3) is 0 Å². The first kappa shape index (κ1) is 10.8. The molecule has 1 heterocycles. The molecule has 2 unspecified atom stereocenters. The minimum Gasteiger partial charge on any atom is -0.495 e. The second kappa shape index (κ2) is 4.04. The number of rotatable bonds is 3. The van der Waals surface area contributed by atoms with Gasteiger partial charge in [0.05, 0.1) is 18.7 Å². The Morgan fingerprint density at radius 3 is 3.00 bits per heavy atom. The number of carboxylic acid groups (broad SMARTS) is 1. The van der Waals surface area contributed by atoms with Crippen LogP contribution in [0, 0.1) is 5.92 Å². The van der Waals surface area contributed by atoms with Crippen LogP contribution in [-0.4, -0.2) is 24.7 Å². The highest BCUT2D eigenvalue weighted by atomic mass is 16.5. The predicted octanol–water partition coefficient (Wildman–Crippen LogP) is 1.92. The van der Waals surface area contributed by atoms with E-state index >= 15 is 0 Å². The van der Waals surface area contributed by atoms with E-state index in [4.69, 9.17) is 9.84 Å². The van der Waals surface area contributed by atoms with E-state index in [1.807, 2.05) is 18.2 Å². The van der Waals surface area contributed by atoms with Gasteiger partial charge in [-0.2, -0.15) is 0 Å². The van der Waals surface area contributed by atoms with Gasteiger partial charge in [-0.25, -0.2) is 0 Å². The standard InChI is InChI=1S/C12H15NO3/c1-7(12(14)15)9-6-13-11-8(9)4-3-5-10(11)16-2/h3-5,7,9,13H,6H2,1-2H3,(H,14,15). The highest BCUT2D eigenvalue weighted by Crippen LogP contribution is 2.41. The predicted molar refractivity (Wildman–Crippen MR) is 61.0 cm³/mol. The van der Waals surface area contributed by atoms with Gasteiger partial charge >= 0.3 is 5.97 Å². The summed E-state index contributed by atoms with van der Waals surface area (Å²) in [6, 6.07) is 5.73. The summed E-state index contributed by atoms with van der Waals surface area (Å²) in [6.45, 7) is 2.40. The maximum Gasteiger partial charge on any atom is 0.306 e. The zero-order valence-electron chi connectivity index (χ0n) is 9.36. The summed E-state index contributed by atoms with van der Waals surface area (Å²) < 4.78 is 5.24. The van der Waals surface area contributed by atoms with Crippen LogP contribution in [0.2, 0.25) is 0 Å². The molecule has 2 atom stereocenters. The zero-order valence-corrected chi connectivity index (χ0v) is 9.36. The van der Waals surface area contributed by atoms with E-state index in [0.717, 1.165) is 17.0 Å². The third-order valence-corrected chi connectivity index (χ3v) is 3.17. The molecule has 4 nitrogen and oxygen atoms in total. The van der Waals surface area contributed by atoms with Crippen molar-refractivity contribution >= 4 is 11.7 Å². The van der Waals surface area contributed by atoms with E-state index in [1.165, 1.54) is 0 Å². The van der Waals surface area contributed by atoms with E-state index in [0.29, 0.717) is 6.54 Å². The number of carboxylic acids is 1. The van der Waals surface area contributed by atoms with Gasteiger partial charge in [-0.3, -0.25) is 4.79 Å². The number of nitrogens with one attached hydrogen (secondary N) is 1. The molecule has 1 aromatic rings. The molecule has 86 valence electrons. The highest BCUT2D eigenvalue weighted by molar-refractivity contribution is 5.75. The van der Waals surface area contributed by atoms with E-state index in [9.17, 15) is 4.79 Å². The molecule has 4 heteroatoms. The Labute approximate surface area is 94.2 Å². The second-order valence-corrected chi connectivity index (χ2v) is 4.04. The normalized spacial score (nSPS) is 19.8. The fourth-order valence-corrected chi connectivity index (χ4v) is 2.16. The van der Waals surface area contributed by atoms with Gasteiger partial charge in [0.2, 0.25) is 0 Å². The maximum absolute atomic E-state index is 11.0. The van der Waals surface area contributed by atoms with Crippen molar-refractivity contribution in [1.82, 2.24) is 0 Å². The minimum atomic E-state index is -0.762. The Morgan fingerprint density at radius 1 is 1.62 bits per heavy atom. The summed E-state index contributed by atoms with van der Waals surface area (Å²) in [5.74, 6) is -0.358. The molecule has 0 radical (unpaired) electrons. The van der Waals surface area contributed by atoms with E-state index in [2.05, 4.69) is 5.32 Å². The van der Waals surface area contributed by atoms with Gasteiger partial charge in [0, 0.05) is 12.5 Å². The first-order valence-corrected chi connectivity index (χ1v) is 5.28. The average Bonchev–Trinajstić information content (AvgIpc) is 2.71. The van der Waals surface area contributed by atoms with Crippen molar-refractivity contribution in [3.63, 3.8) is 0 Å². The number of hydrogen-bond acceptors (Lipinski definition) is 3. The topological polar surface area (TPSA) is 58.6 Å². The fraction of sp³-hybridized carbons (Fsp3) is 0.417. The Hall–Kier alpha value is -1.71. The number of benzene rings is 1. The van der Waals surface area contributed by atoms with Gasteiger partial charge < -0.3 is 15.2 Å².